The molecule has 5 heteroatoms. The number of nitrogens with zero attached hydrogens (tertiary/aromatic N) is 3. The smallest absolute Gasteiger partial charge is 0.266 e. The van der Waals surface area contributed by atoms with Gasteiger partial charge in [-0.1, -0.05) is 29.8 Å². The van der Waals surface area contributed by atoms with E-state index in [1.165, 1.54) is 5.56 Å². The van der Waals surface area contributed by atoms with Crippen LogP contribution in [-0.4, -0.2) is 40.1 Å². The highest BCUT2D eigenvalue weighted by atomic mass is 16.1. The maximum Gasteiger partial charge on any atom is 0.266 e. The largest absolute Gasteiger partial charge is 0.312 e. The monoisotopic (exact) mass is 362 g/mol. The van der Waals surface area contributed by atoms with Crippen molar-refractivity contribution in [3.05, 3.63) is 70.3 Å². The van der Waals surface area contributed by atoms with Gasteiger partial charge < -0.3 is 5.32 Å². The van der Waals surface area contributed by atoms with Gasteiger partial charge >= 0.3 is 0 Å². The molecule has 1 saturated heterocycles. The normalized spacial score (nSPS) is 19.3. The molecule has 0 bridgehead atoms. The van der Waals surface area contributed by atoms with Crippen LogP contribution in [0.25, 0.3) is 16.6 Å². The lowest BCUT2D eigenvalue weighted by Crippen LogP contribution is -2.50. The molecule has 140 valence electrons. The van der Waals surface area contributed by atoms with E-state index in [-0.39, 0.29) is 11.6 Å². The summed E-state index contributed by atoms with van der Waals surface area (Å²) in [4.78, 5) is 20.7. The number of benzene rings is 2. The lowest BCUT2D eigenvalue weighted by atomic mass is 10.1. The van der Waals surface area contributed by atoms with Gasteiger partial charge in [0.15, 0.2) is 0 Å². The van der Waals surface area contributed by atoms with Crippen LogP contribution in [0.2, 0.25) is 0 Å². The average Bonchev–Trinajstić information content (AvgIpc) is 2.68. The molecule has 0 amide bonds. The predicted octanol–water partition coefficient (Wildman–Crippen LogP) is 3.05. The molecule has 1 N–H and O–H groups in total. The van der Waals surface area contributed by atoms with Crippen LogP contribution in [0.3, 0.4) is 0 Å². The predicted molar refractivity (Wildman–Crippen MR) is 110 cm³/mol. The van der Waals surface area contributed by atoms with Crippen molar-refractivity contribution in [2.75, 3.05) is 19.6 Å². The molecule has 27 heavy (non-hydrogen) atoms. The molecule has 0 radical (unpaired) electrons. The van der Waals surface area contributed by atoms with Gasteiger partial charge in [-0.05, 0) is 45.0 Å². The molecule has 2 atom stereocenters. The van der Waals surface area contributed by atoms with E-state index >= 15 is 0 Å². The second-order valence-corrected chi connectivity index (χ2v) is 7.49. The van der Waals surface area contributed by atoms with Crippen molar-refractivity contribution in [2.24, 2.45) is 0 Å². The number of nitrogens with one attached hydrogen (secondary N) is 1. The van der Waals surface area contributed by atoms with Gasteiger partial charge in [-0.25, -0.2) is 4.98 Å². The molecule has 1 fully saturated rings. The fourth-order valence-electron chi connectivity index (χ4n) is 3.85. The topological polar surface area (TPSA) is 50.2 Å². The van der Waals surface area contributed by atoms with Gasteiger partial charge in [0, 0.05) is 25.7 Å². The zero-order valence-corrected chi connectivity index (χ0v) is 16.1. The number of aromatic nitrogens is 2. The Kier molecular flexibility index (Phi) is 4.81. The van der Waals surface area contributed by atoms with Crippen LogP contribution >= 0.6 is 0 Å². The fraction of sp³-hybridized carbons (Fsp3) is 0.364. The minimum Gasteiger partial charge on any atom is -0.312 e. The quantitative estimate of drug-likeness (QED) is 0.778. The number of para-hydroxylation sites is 1. The summed E-state index contributed by atoms with van der Waals surface area (Å²) in [5.74, 6) is 0.802. The minimum absolute atomic E-state index is 0.00511. The molecule has 0 unspecified atom stereocenters. The van der Waals surface area contributed by atoms with Crippen LogP contribution in [0.15, 0.2) is 53.3 Å². The fourth-order valence-corrected chi connectivity index (χ4v) is 3.85. The number of fused-ring (bicyclic) bond motifs is 1. The summed E-state index contributed by atoms with van der Waals surface area (Å²) >= 11 is 0. The van der Waals surface area contributed by atoms with Gasteiger partial charge in [-0.2, -0.15) is 0 Å². The molecule has 2 aromatic carbocycles. The number of hydrogen-bond acceptors (Lipinski definition) is 4. The van der Waals surface area contributed by atoms with Gasteiger partial charge in [0.25, 0.3) is 5.56 Å². The highest BCUT2D eigenvalue weighted by molar-refractivity contribution is 5.77. The van der Waals surface area contributed by atoms with Crippen LogP contribution in [0.5, 0.6) is 0 Å². The first kappa shape index (κ1) is 17.9. The molecule has 4 rings (SSSR count). The number of aryl methyl sites for hydroxylation is 1. The van der Waals surface area contributed by atoms with Crippen LogP contribution in [0.1, 0.15) is 31.3 Å². The van der Waals surface area contributed by atoms with Crippen molar-refractivity contribution in [3.8, 4) is 5.69 Å². The molecule has 5 nitrogen and oxygen atoms in total. The Hall–Kier alpha value is -2.50. The van der Waals surface area contributed by atoms with Crippen LogP contribution in [0, 0.1) is 6.92 Å². The SMILES string of the molecule is Cc1ccc(-n2c([C@@H](C)N3CCN[C@H](C)C3)nc3ccccc3c2=O)cc1. The first-order valence-electron chi connectivity index (χ1n) is 9.61. The summed E-state index contributed by atoms with van der Waals surface area (Å²) in [7, 11) is 0. The Balaban J connectivity index is 1.91. The Bertz CT molecular complexity index is 1010. The van der Waals surface area contributed by atoms with E-state index in [1.54, 1.807) is 4.57 Å². The van der Waals surface area contributed by atoms with Gasteiger partial charge in [-0.15, -0.1) is 0 Å². The molecule has 0 saturated carbocycles. The number of rotatable bonds is 3. The van der Waals surface area contributed by atoms with E-state index in [2.05, 4.69) is 31.0 Å². The molecule has 1 aliphatic heterocycles. The third kappa shape index (κ3) is 3.40. The standard InChI is InChI=1S/C22H26N4O/c1-15-8-10-18(11-9-15)26-21(17(3)25-13-12-23-16(2)14-25)24-20-7-5-4-6-19(20)22(26)27/h4-11,16-17,23H,12-14H2,1-3H3/t16-,17-/m1/s1. The van der Waals surface area contributed by atoms with Gasteiger partial charge in [0.1, 0.15) is 5.82 Å². The summed E-state index contributed by atoms with van der Waals surface area (Å²) < 4.78 is 1.79. The van der Waals surface area contributed by atoms with E-state index in [0.29, 0.717) is 11.4 Å². The van der Waals surface area contributed by atoms with Crippen molar-refractivity contribution in [3.63, 3.8) is 0 Å². The van der Waals surface area contributed by atoms with Gasteiger partial charge in [-0.3, -0.25) is 14.3 Å². The molecule has 1 aliphatic rings. The Labute approximate surface area is 159 Å². The van der Waals surface area contributed by atoms with E-state index < -0.39 is 0 Å². The number of hydrogen-bond donors (Lipinski definition) is 1. The molecule has 1 aromatic heterocycles. The van der Waals surface area contributed by atoms with Crippen molar-refractivity contribution in [1.29, 1.82) is 0 Å². The van der Waals surface area contributed by atoms with E-state index in [0.717, 1.165) is 36.7 Å². The van der Waals surface area contributed by atoms with Gasteiger partial charge in [0.2, 0.25) is 0 Å². The van der Waals surface area contributed by atoms with Gasteiger partial charge in [0.05, 0.1) is 22.6 Å². The highest BCUT2D eigenvalue weighted by Gasteiger charge is 2.26. The highest BCUT2D eigenvalue weighted by Crippen LogP contribution is 2.23. The van der Waals surface area contributed by atoms with Crippen molar-refractivity contribution < 1.29 is 0 Å². The Morgan fingerprint density at radius 3 is 2.63 bits per heavy atom. The van der Waals surface area contributed by atoms with Crippen LogP contribution < -0.4 is 10.9 Å². The second-order valence-electron chi connectivity index (χ2n) is 7.49. The lowest BCUT2D eigenvalue weighted by molar-refractivity contribution is 0.152. The molecule has 3 aromatic rings. The molecular weight excluding hydrogens is 336 g/mol. The first-order chi connectivity index (χ1) is 13.0. The zero-order valence-electron chi connectivity index (χ0n) is 16.1. The maximum absolute atomic E-state index is 13.4. The summed E-state index contributed by atoms with van der Waals surface area (Å²) in [5.41, 5.74) is 2.80. The van der Waals surface area contributed by atoms with Crippen molar-refractivity contribution in [2.45, 2.75) is 32.9 Å². The summed E-state index contributed by atoms with van der Waals surface area (Å²) in [6.07, 6.45) is 0. The first-order valence-corrected chi connectivity index (χ1v) is 9.61. The molecule has 0 spiro atoms. The average molecular weight is 362 g/mol. The molecular formula is C22H26N4O. The zero-order chi connectivity index (χ0) is 19.0. The summed E-state index contributed by atoms with van der Waals surface area (Å²) in [5, 5.41) is 4.14. The summed E-state index contributed by atoms with van der Waals surface area (Å²) in [6.45, 7) is 9.24. The van der Waals surface area contributed by atoms with Crippen LogP contribution in [-0.2, 0) is 0 Å². The summed E-state index contributed by atoms with van der Waals surface area (Å²) in [6, 6.07) is 16.2. The molecule has 2 heterocycles. The maximum atomic E-state index is 13.4. The third-order valence-corrected chi connectivity index (χ3v) is 5.42. The lowest BCUT2D eigenvalue weighted by Gasteiger charge is -2.36. The number of piperazine rings is 1. The van der Waals surface area contributed by atoms with Crippen LogP contribution in [0.4, 0.5) is 0 Å². The van der Waals surface area contributed by atoms with E-state index in [1.807, 2.05) is 48.5 Å². The minimum atomic E-state index is -0.00511. The van der Waals surface area contributed by atoms with Crippen molar-refractivity contribution >= 4 is 10.9 Å². The van der Waals surface area contributed by atoms with E-state index in [4.69, 9.17) is 4.98 Å². The molecule has 0 aliphatic carbocycles. The van der Waals surface area contributed by atoms with Crippen molar-refractivity contribution in [1.82, 2.24) is 19.8 Å². The Morgan fingerprint density at radius 2 is 1.89 bits per heavy atom. The second kappa shape index (κ2) is 7.25. The van der Waals surface area contributed by atoms with E-state index in [9.17, 15) is 4.79 Å². The third-order valence-electron chi connectivity index (χ3n) is 5.42. The Morgan fingerprint density at radius 1 is 1.15 bits per heavy atom.